The molecule has 2 aliphatic rings. The molecule has 2 bridgehead atoms. The Morgan fingerprint density at radius 2 is 1.72 bits per heavy atom. The maximum Gasteiger partial charge on any atom is 0.258 e. The van der Waals surface area contributed by atoms with Crippen LogP contribution in [-0.4, -0.2) is 17.7 Å². The van der Waals surface area contributed by atoms with E-state index in [1.807, 2.05) is 34.9 Å². The normalized spacial score (nSPS) is 22.0. The number of pyridine rings is 1. The molecule has 3 atom stereocenters. The molecule has 3 heterocycles. The number of quaternary nitrogens is 1. The predicted octanol–water partition coefficient (Wildman–Crippen LogP) is 4.01. The lowest BCUT2D eigenvalue weighted by atomic mass is 9.82. The monoisotopic (exact) mass is 425 g/mol. The molecule has 0 spiro atoms. The van der Waals surface area contributed by atoms with E-state index in [-0.39, 0.29) is 11.4 Å². The highest BCUT2D eigenvalue weighted by Gasteiger charge is 2.37. The van der Waals surface area contributed by atoms with Gasteiger partial charge in [0.05, 0.1) is 13.1 Å². The number of fused-ring (bicyclic) bond motifs is 5. The SMILES string of the molecule is O=c1c(-c2ccc3ccccc3c2)ccc2n1C[C@H]1C[C@@H]2C[NH+](Cc2ccc(F)cc2)C1. The molecule has 1 aromatic heterocycles. The summed E-state index contributed by atoms with van der Waals surface area (Å²) in [7, 11) is 0. The van der Waals surface area contributed by atoms with Crippen LogP contribution in [0.3, 0.4) is 0 Å². The fourth-order valence-electron chi connectivity index (χ4n) is 5.78. The van der Waals surface area contributed by atoms with Gasteiger partial charge in [-0.3, -0.25) is 4.79 Å². The zero-order chi connectivity index (χ0) is 21.7. The Morgan fingerprint density at radius 1 is 0.906 bits per heavy atom. The molecule has 4 heteroatoms. The molecule has 0 saturated carbocycles. The van der Waals surface area contributed by atoms with Gasteiger partial charge in [0.1, 0.15) is 12.4 Å². The van der Waals surface area contributed by atoms with Crippen LogP contribution in [-0.2, 0) is 13.1 Å². The summed E-state index contributed by atoms with van der Waals surface area (Å²) in [5.74, 6) is 0.715. The van der Waals surface area contributed by atoms with E-state index in [2.05, 4.69) is 36.4 Å². The molecule has 1 unspecified atom stereocenters. The maximum atomic E-state index is 13.5. The zero-order valence-corrected chi connectivity index (χ0v) is 17.9. The zero-order valence-electron chi connectivity index (χ0n) is 17.9. The van der Waals surface area contributed by atoms with Crippen molar-refractivity contribution in [1.29, 1.82) is 0 Å². The molecule has 1 fully saturated rings. The molecule has 6 rings (SSSR count). The third-order valence-electron chi connectivity index (χ3n) is 7.23. The molecule has 3 aromatic carbocycles. The Labute approximate surface area is 186 Å². The number of hydrogen-bond acceptors (Lipinski definition) is 1. The standard InChI is InChI=1S/C28H25FN2O/c29-25-9-5-19(6-10-25)15-30-16-20-13-24(18-30)27-12-11-26(28(32)31(27)17-20)23-8-7-21-3-1-2-4-22(21)14-23/h1-12,14,20,24H,13,15-18H2/p+1/t20-,24+/m0/s1. The third kappa shape index (κ3) is 3.45. The summed E-state index contributed by atoms with van der Waals surface area (Å²) < 4.78 is 15.3. The molecule has 2 aliphatic heterocycles. The lowest BCUT2D eigenvalue weighted by molar-refractivity contribution is -0.924. The number of nitrogens with one attached hydrogen (secondary N) is 1. The fraction of sp³-hybridized carbons (Fsp3) is 0.250. The predicted molar refractivity (Wildman–Crippen MR) is 125 cm³/mol. The van der Waals surface area contributed by atoms with Crippen molar-refractivity contribution in [2.24, 2.45) is 5.92 Å². The lowest BCUT2D eigenvalue weighted by Crippen LogP contribution is -3.13. The van der Waals surface area contributed by atoms with Crippen molar-refractivity contribution in [3.8, 4) is 11.1 Å². The van der Waals surface area contributed by atoms with Crippen LogP contribution in [0.4, 0.5) is 4.39 Å². The first-order chi connectivity index (χ1) is 15.6. The van der Waals surface area contributed by atoms with Gasteiger partial charge in [-0.05, 0) is 53.1 Å². The van der Waals surface area contributed by atoms with E-state index in [9.17, 15) is 9.18 Å². The van der Waals surface area contributed by atoms with Crippen LogP contribution >= 0.6 is 0 Å². The first-order valence-electron chi connectivity index (χ1n) is 11.4. The highest BCUT2D eigenvalue weighted by Crippen LogP contribution is 2.32. The lowest BCUT2D eigenvalue weighted by Gasteiger charge is -2.40. The van der Waals surface area contributed by atoms with Crippen molar-refractivity contribution in [3.05, 3.63) is 106 Å². The minimum atomic E-state index is -0.185. The minimum absolute atomic E-state index is 0.134. The Balaban J connectivity index is 1.30. The van der Waals surface area contributed by atoms with Gasteiger partial charge in [0, 0.05) is 35.2 Å². The second-order valence-corrected chi connectivity index (χ2v) is 9.41. The molecule has 4 aromatic rings. The van der Waals surface area contributed by atoms with Gasteiger partial charge in [-0.15, -0.1) is 0 Å². The van der Waals surface area contributed by atoms with Gasteiger partial charge in [-0.25, -0.2) is 4.39 Å². The number of likely N-dealkylation sites (tertiary alicyclic amines) is 1. The summed E-state index contributed by atoms with van der Waals surface area (Å²) in [6.07, 6.45) is 1.15. The average Bonchev–Trinajstić information content (AvgIpc) is 2.81. The Kier molecular flexibility index (Phi) is 4.69. The quantitative estimate of drug-likeness (QED) is 0.528. The molecule has 3 nitrogen and oxygen atoms in total. The largest absolute Gasteiger partial charge is 0.330 e. The highest BCUT2D eigenvalue weighted by molar-refractivity contribution is 5.87. The van der Waals surface area contributed by atoms with Gasteiger partial charge in [0.15, 0.2) is 0 Å². The second-order valence-electron chi connectivity index (χ2n) is 9.41. The van der Waals surface area contributed by atoms with Crippen molar-refractivity contribution < 1.29 is 9.29 Å². The average molecular weight is 426 g/mol. The molecule has 32 heavy (non-hydrogen) atoms. The molecule has 0 radical (unpaired) electrons. The summed E-state index contributed by atoms with van der Waals surface area (Å²) in [5.41, 5.74) is 4.25. The second kappa shape index (κ2) is 7.72. The molecule has 160 valence electrons. The van der Waals surface area contributed by atoms with E-state index >= 15 is 0 Å². The molecule has 1 N–H and O–H groups in total. The summed E-state index contributed by atoms with van der Waals surface area (Å²) in [4.78, 5) is 15.0. The van der Waals surface area contributed by atoms with Crippen molar-refractivity contribution in [2.45, 2.75) is 25.4 Å². The van der Waals surface area contributed by atoms with Gasteiger partial charge < -0.3 is 9.47 Å². The third-order valence-corrected chi connectivity index (χ3v) is 7.23. The van der Waals surface area contributed by atoms with E-state index in [1.54, 1.807) is 12.1 Å². The number of nitrogens with zero attached hydrogens (tertiary/aromatic N) is 1. The van der Waals surface area contributed by atoms with Gasteiger partial charge in [0.25, 0.3) is 5.56 Å². The Hall–Kier alpha value is -3.24. The first-order valence-corrected chi connectivity index (χ1v) is 11.4. The van der Waals surface area contributed by atoms with Crippen LogP contribution in [0.25, 0.3) is 21.9 Å². The molecular weight excluding hydrogens is 399 g/mol. The number of hydrogen-bond donors (Lipinski definition) is 1. The van der Waals surface area contributed by atoms with Crippen molar-refractivity contribution in [3.63, 3.8) is 0 Å². The van der Waals surface area contributed by atoms with E-state index < -0.39 is 0 Å². The van der Waals surface area contributed by atoms with E-state index in [1.165, 1.54) is 21.5 Å². The first kappa shape index (κ1) is 19.4. The molecular formula is C28H26FN2O+. The van der Waals surface area contributed by atoms with Gasteiger partial charge >= 0.3 is 0 Å². The smallest absolute Gasteiger partial charge is 0.258 e. The van der Waals surface area contributed by atoms with Crippen LogP contribution in [0.2, 0.25) is 0 Å². The van der Waals surface area contributed by atoms with Crippen LogP contribution < -0.4 is 10.5 Å². The number of halogens is 1. The number of aromatic nitrogens is 1. The van der Waals surface area contributed by atoms with E-state index in [4.69, 9.17) is 0 Å². The fourth-order valence-corrected chi connectivity index (χ4v) is 5.78. The molecule has 0 aliphatic carbocycles. The van der Waals surface area contributed by atoms with Crippen LogP contribution in [0.15, 0.2) is 83.7 Å². The summed E-state index contributed by atoms with van der Waals surface area (Å²) >= 11 is 0. The van der Waals surface area contributed by atoms with E-state index in [0.29, 0.717) is 11.8 Å². The highest BCUT2D eigenvalue weighted by atomic mass is 19.1. The summed E-state index contributed by atoms with van der Waals surface area (Å²) in [6, 6.07) is 25.6. The van der Waals surface area contributed by atoms with Gasteiger partial charge in [0.2, 0.25) is 0 Å². The van der Waals surface area contributed by atoms with Crippen LogP contribution in [0, 0.1) is 11.7 Å². The summed E-state index contributed by atoms with van der Waals surface area (Å²) in [5, 5.41) is 2.34. The van der Waals surface area contributed by atoms with Crippen LogP contribution in [0.1, 0.15) is 23.6 Å². The van der Waals surface area contributed by atoms with E-state index in [0.717, 1.165) is 49.1 Å². The minimum Gasteiger partial charge on any atom is -0.330 e. The topological polar surface area (TPSA) is 26.4 Å². The molecule has 1 saturated heterocycles. The maximum absolute atomic E-state index is 13.5. The van der Waals surface area contributed by atoms with Gasteiger partial charge in [-0.1, -0.05) is 48.5 Å². The number of piperidine rings is 1. The number of benzene rings is 3. The van der Waals surface area contributed by atoms with Crippen molar-refractivity contribution in [2.75, 3.05) is 13.1 Å². The Bertz CT molecular complexity index is 1360. The van der Waals surface area contributed by atoms with Crippen molar-refractivity contribution in [1.82, 2.24) is 4.57 Å². The van der Waals surface area contributed by atoms with Gasteiger partial charge in [-0.2, -0.15) is 0 Å². The van der Waals surface area contributed by atoms with Crippen molar-refractivity contribution >= 4 is 10.8 Å². The summed E-state index contributed by atoms with van der Waals surface area (Å²) in [6.45, 7) is 3.77. The number of rotatable bonds is 3. The van der Waals surface area contributed by atoms with Crippen LogP contribution in [0.5, 0.6) is 0 Å². The molecule has 0 amide bonds. The Morgan fingerprint density at radius 3 is 2.56 bits per heavy atom.